The monoisotopic (exact) mass is 433 g/mol. The highest BCUT2D eigenvalue weighted by molar-refractivity contribution is 5.99. The molecule has 2 saturated heterocycles. The fourth-order valence-electron chi connectivity index (χ4n) is 5.09. The molecular formula is C26H25F2N3O. The van der Waals surface area contributed by atoms with Crippen molar-refractivity contribution >= 4 is 12.0 Å². The smallest absolute Gasteiger partial charge is 0.250 e. The second-order valence-corrected chi connectivity index (χ2v) is 8.80. The van der Waals surface area contributed by atoms with E-state index in [0.717, 1.165) is 47.0 Å². The number of imidazole rings is 1. The van der Waals surface area contributed by atoms with E-state index in [9.17, 15) is 13.6 Å². The van der Waals surface area contributed by atoms with Gasteiger partial charge in [0.05, 0.1) is 18.1 Å². The number of piperidine rings is 1. The first-order chi connectivity index (χ1) is 15.4. The van der Waals surface area contributed by atoms with Crippen molar-refractivity contribution in [3.8, 4) is 5.69 Å². The van der Waals surface area contributed by atoms with Crippen molar-refractivity contribution in [1.29, 1.82) is 0 Å². The fraction of sp³-hybridized carbons (Fsp3) is 0.308. The van der Waals surface area contributed by atoms with E-state index in [-0.39, 0.29) is 18.0 Å². The molecule has 5 rings (SSSR count). The van der Waals surface area contributed by atoms with Gasteiger partial charge in [0.1, 0.15) is 11.6 Å². The van der Waals surface area contributed by atoms with Crippen molar-refractivity contribution in [2.24, 2.45) is 0 Å². The molecule has 4 nitrogen and oxygen atoms in total. The summed E-state index contributed by atoms with van der Waals surface area (Å²) in [4.78, 5) is 19.5. The number of benzene rings is 2. The molecule has 3 heterocycles. The molecule has 3 aromatic rings. The van der Waals surface area contributed by atoms with Gasteiger partial charge in [0.15, 0.2) is 0 Å². The lowest BCUT2D eigenvalue weighted by atomic mass is 9.95. The molecule has 164 valence electrons. The molecule has 32 heavy (non-hydrogen) atoms. The summed E-state index contributed by atoms with van der Waals surface area (Å²) < 4.78 is 29.8. The van der Waals surface area contributed by atoms with E-state index < -0.39 is 11.6 Å². The Balaban J connectivity index is 1.43. The first-order valence-corrected chi connectivity index (χ1v) is 11.0. The molecule has 2 aliphatic rings. The predicted molar refractivity (Wildman–Crippen MR) is 119 cm³/mol. The van der Waals surface area contributed by atoms with Gasteiger partial charge in [0.2, 0.25) is 0 Å². The lowest BCUT2D eigenvalue weighted by Gasteiger charge is -2.35. The van der Waals surface area contributed by atoms with Crippen molar-refractivity contribution in [1.82, 2.24) is 14.5 Å². The zero-order chi connectivity index (χ0) is 22.4. The number of amides is 1. The minimum atomic E-state index is -0.601. The van der Waals surface area contributed by atoms with Crippen molar-refractivity contribution in [2.45, 2.75) is 51.6 Å². The van der Waals surface area contributed by atoms with Gasteiger partial charge in [-0.1, -0.05) is 12.1 Å². The van der Waals surface area contributed by atoms with Crippen molar-refractivity contribution in [2.75, 3.05) is 0 Å². The number of hydrogen-bond donors (Lipinski definition) is 0. The van der Waals surface area contributed by atoms with Gasteiger partial charge in [0.25, 0.3) is 5.91 Å². The van der Waals surface area contributed by atoms with Crippen LogP contribution in [0.2, 0.25) is 0 Å². The third-order valence-corrected chi connectivity index (χ3v) is 6.63. The molecular weight excluding hydrogens is 408 g/mol. The molecule has 0 aliphatic carbocycles. The standard InChI is InChI=1S/C26H25F2N3O/c1-16-11-18(3-9-24(16)30-14-17(2)29-15-30)12-19-4-6-21-7-10-25(31(21)26(19)32)22-8-5-20(27)13-23(22)28/h3,5,8-9,11-15,21,25H,4,6-7,10H2,1-2H3/b19-12+/t21-,25-/m0/s1. The van der Waals surface area contributed by atoms with Gasteiger partial charge in [-0.05, 0) is 74.9 Å². The summed E-state index contributed by atoms with van der Waals surface area (Å²) >= 11 is 0. The van der Waals surface area contributed by atoms with Gasteiger partial charge in [-0.15, -0.1) is 0 Å². The topological polar surface area (TPSA) is 38.1 Å². The van der Waals surface area contributed by atoms with Gasteiger partial charge in [-0.2, -0.15) is 0 Å². The van der Waals surface area contributed by atoms with Crippen LogP contribution in [-0.4, -0.2) is 26.4 Å². The molecule has 1 aromatic heterocycles. The van der Waals surface area contributed by atoms with Crippen LogP contribution < -0.4 is 0 Å². The molecule has 0 N–H and O–H groups in total. The van der Waals surface area contributed by atoms with Crippen LogP contribution in [0.4, 0.5) is 8.78 Å². The Labute approximate surface area is 186 Å². The normalized spacial score (nSPS) is 21.9. The van der Waals surface area contributed by atoms with Gasteiger partial charge in [0, 0.05) is 35.1 Å². The average Bonchev–Trinajstić information content (AvgIpc) is 3.37. The largest absolute Gasteiger partial charge is 0.329 e. The first-order valence-electron chi connectivity index (χ1n) is 11.0. The maximum absolute atomic E-state index is 14.5. The molecule has 0 unspecified atom stereocenters. The zero-order valence-corrected chi connectivity index (χ0v) is 18.2. The SMILES string of the molecule is Cc1cn(-c2ccc(/C=C3\CC[C@H]4CC[C@@H](c5ccc(F)cc5F)N4C3=O)cc2C)cn1. The van der Waals surface area contributed by atoms with Gasteiger partial charge >= 0.3 is 0 Å². The van der Waals surface area contributed by atoms with Crippen LogP contribution in [-0.2, 0) is 4.79 Å². The highest BCUT2D eigenvalue weighted by Gasteiger charge is 2.42. The van der Waals surface area contributed by atoms with Crippen LogP contribution >= 0.6 is 0 Å². The van der Waals surface area contributed by atoms with Gasteiger partial charge < -0.3 is 9.47 Å². The second-order valence-electron chi connectivity index (χ2n) is 8.80. The summed E-state index contributed by atoms with van der Waals surface area (Å²) in [6.45, 7) is 4.00. The van der Waals surface area contributed by atoms with Crippen molar-refractivity contribution in [3.63, 3.8) is 0 Å². The summed E-state index contributed by atoms with van der Waals surface area (Å²) in [6.07, 6.45) is 8.84. The summed E-state index contributed by atoms with van der Waals surface area (Å²) in [5.74, 6) is -1.23. The quantitative estimate of drug-likeness (QED) is 0.499. The summed E-state index contributed by atoms with van der Waals surface area (Å²) in [5, 5.41) is 0. The molecule has 2 fully saturated rings. The Morgan fingerprint density at radius 2 is 1.91 bits per heavy atom. The van der Waals surface area contributed by atoms with E-state index in [1.807, 2.05) is 47.7 Å². The first kappa shape index (κ1) is 20.6. The minimum Gasteiger partial charge on any atom is -0.329 e. The van der Waals surface area contributed by atoms with E-state index in [4.69, 9.17) is 0 Å². The third kappa shape index (κ3) is 3.64. The lowest BCUT2D eigenvalue weighted by molar-refractivity contribution is -0.131. The molecule has 0 spiro atoms. The Hall–Kier alpha value is -3.28. The number of aryl methyl sites for hydroxylation is 2. The number of aromatic nitrogens is 2. The summed E-state index contributed by atoms with van der Waals surface area (Å²) in [7, 11) is 0. The minimum absolute atomic E-state index is 0.0422. The average molecular weight is 434 g/mol. The Kier molecular flexibility index (Phi) is 5.16. The molecule has 6 heteroatoms. The molecule has 0 radical (unpaired) electrons. The summed E-state index contributed by atoms with van der Waals surface area (Å²) in [5.41, 5.74) is 5.20. The van der Waals surface area contributed by atoms with Gasteiger partial charge in [-0.3, -0.25) is 4.79 Å². The maximum atomic E-state index is 14.5. The molecule has 2 aliphatic heterocycles. The van der Waals surface area contributed by atoms with Crippen molar-refractivity contribution in [3.05, 3.63) is 88.5 Å². The van der Waals surface area contributed by atoms with Crippen LogP contribution in [0, 0.1) is 25.5 Å². The molecule has 2 aromatic carbocycles. The van der Waals surface area contributed by atoms with Crippen LogP contribution in [0.3, 0.4) is 0 Å². The van der Waals surface area contributed by atoms with Crippen LogP contribution in [0.5, 0.6) is 0 Å². The van der Waals surface area contributed by atoms with Gasteiger partial charge in [-0.25, -0.2) is 13.8 Å². The molecule has 0 saturated carbocycles. The zero-order valence-electron chi connectivity index (χ0n) is 18.2. The number of carbonyl (C=O) groups is 1. The number of hydrogen-bond acceptors (Lipinski definition) is 2. The number of rotatable bonds is 3. The Morgan fingerprint density at radius 1 is 1.06 bits per heavy atom. The molecule has 0 bridgehead atoms. The van der Waals surface area contributed by atoms with Crippen LogP contribution in [0.25, 0.3) is 11.8 Å². The number of carbonyl (C=O) groups excluding carboxylic acids is 1. The van der Waals surface area contributed by atoms with E-state index in [1.165, 1.54) is 12.1 Å². The molecule has 2 atom stereocenters. The highest BCUT2D eigenvalue weighted by Crippen LogP contribution is 2.43. The molecule has 1 amide bonds. The van der Waals surface area contributed by atoms with Crippen molar-refractivity contribution < 1.29 is 13.6 Å². The highest BCUT2D eigenvalue weighted by atomic mass is 19.1. The van der Waals surface area contributed by atoms with E-state index in [1.54, 1.807) is 6.33 Å². The maximum Gasteiger partial charge on any atom is 0.250 e. The second kappa shape index (κ2) is 8.01. The third-order valence-electron chi connectivity index (χ3n) is 6.63. The summed E-state index contributed by atoms with van der Waals surface area (Å²) in [6, 6.07) is 9.52. The van der Waals surface area contributed by atoms with E-state index in [2.05, 4.69) is 11.1 Å². The van der Waals surface area contributed by atoms with Crippen LogP contribution in [0.1, 0.15) is 54.1 Å². The van der Waals surface area contributed by atoms with E-state index >= 15 is 0 Å². The Morgan fingerprint density at radius 3 is 2.62 bits per heavy atom. The lowest BCUT2D eigenvalue weighted by Crippen LogP contribution is -2.42. The van der Waals surface area contributed by atoms with Crippen LogP contribution in [0.15, 0.2) is 54.5 Å². The van der Waals surface area contributed by atoms with E-state index in [0.29, 0.717) is 18.4 Å². The predicted octanol–water partition coefficient (Wildman–Crippen LogP) is 5.68. The number of fused-ring (bicyclic) bond motifs is 1. The fourth-order valence-corrected chi connectivity index (χ4v) is 5.09. The Bertz CT molecular complexity index is 1230. The number of halogens is 2. The number of nitrogens with zero attached hydrogens (tertiary/aromatic N) is 3.